The van der Waals surface area contributed by atoms with E-state index in [1.807, 2.05) is 24.3 Å². The highest BCUT2D eigenvalue weighted by Gasteiger charge is 2.16. The molecule has 4 nitrogen and oxygen atoms in total. The van der Waals surface area contributed by atoms with Crippen LogP contribution in [0.3, 0.4) is 0 Å². The van der Waals surface area contributed by atoms with Gasteiger partial charge in [-0.2, -0.15) is 0 Å². The second kappa shape index (κ2) is 10.8. The van der Waals surface area contributed by atoms with Crippen LogP contribution < -0.4 is 5.32 Å². The summed E-state index contributed by atoms with van der Waals surface area (Å²) in [5.41, 5.74) is 2.17. The van der Waals surface area contributed by atoms with Crippen molar-refractivity contribution in [3.05, 3.63) is 69.3 Å². The molecule has 1 N–H and O–H groups in total. The first-order chi connectivity index (χ1) is 13.2. The van der Waals surface area contributed by atoms with Crippen LogP contribution in [0, 0.1) is 3.57 Å². The van der Waals surface area contributed by atoms with Gasteiger partial charge >= 0.3 is 0 Å². The number of nitrogens with zero attached hydrogens (tertiary/aromatic N) is 2. The number of hydrogen-bond donors (Lipinski definition) is 1. The van der Waals surface area contributed by atoms with Crippen LogP contribution in [0.4, 0.5) is 0 Å². The molecule has 0 atom stereocenters. The lowest BCUT2D eigenvalue weighted by atomic mass is 10.2. The molecule has 0 spiro atoms. The van der Waals surface area contributed by atoms with Gasteiger partial charge in [0.2, 0.25) is 0 Å². The van der Waals surface area contributed by atoms with Gasteiger partial charge < -0.3 is 10.2 Å². The van der Waals surface area contributed by atoms with E-state index < -0.39 is 0 Å². The van der Waals surface area contributed by atoms with E-state index >= 15 is 0 Å². The summed E-state index contributed by atoms with van der Waals surface area (Å²) in [7, 11) is 0. The van der Waals surface area contributed by atoms with E-state index in [0.717, 1.165) is 67.8 Å². The maximum Gasteiger partial charge on any atom is 0.252 e. The van der Waals surface area contributed by atoms with Crippen molar-refractivity contribution in [3.8, 4) is 0 Å². The minimum absolute atomic E-state index is 0.0366. The van der Waals surface area contributed by atoms with Crippen molar-refractivity contribution < 1.29 is 4.79 Å². The van der Waals surface area contributed by atoms with Gasteiger partial charge in [0.1, 0.15) is 0 Å². The number of amides is 1. The molecule has 1 fully saturated rings. The molecule has 1 heterocycles. The monoisotopic (exact) mass is 477 g/mol. The zero-order chi connectivity index (χ0) is 18.9. The van der Waals surface area contributed by atoms with Gasteiger partial charge in [-0.3, -0.25) is 9.69 Å². The summed E-state index contributed by atoms with van der Waals surface area (Å²) in [6, 6.07) is 18.4. The van der Waals surface area contributed by atoms with E-state index in [1.165, 1.54) is 5.56 Å². The minimum Gasteiger partial charge on any atom is -0.352 e. The normalized spacial score (nSPS) is 15.6. The Hall–Kier alpha value is -1.44. The molecule has 0 saturated carbocycles. The molecular weight excluding hydrogens is 449 g/mol. The van der Waals surface area contributed by atoms with Crippen LogP contribution >= 0.6 is 22.6 Å². The minimum atomic E-state index is 0.0366. The average molecular weight is 477 g/mol. The SMILES string of the molecule is O=C(NCCCCN1CCN(Cc2ccccc2)CC1)c1ccccc1I. The van der Waals surface area contributed by atoms with Crippen LogP contribution in [-0.2, 0) is 6.54 Å². The zero-order valence-corrected chi connectivity index (χ0v) is 17.9. The van der Waals surface area contributed by atoms with Crippen LogP contribution in [0.25, 0.3) is 0 Å². The summed E-state index contributed by atoms with van der Waals surface area (Å²) in [5, 5.41) is 3.04. The highest BCUT2D eigenvalue weighted by molar-refractivity contribution is 14.1. The summed E-state index contributed by atoms with van der Waals surface area (Å²) in [5.74, 6) is 0.0366. The largest absolute Gasteiger partial charge is 0.352 e. The number of carbonyl (C=O) groups excluding carboxylic acids is 1. The van der Waals surface area contributed by atoms with Crippen LogP contribution in [-0.4, -0.2) is 55.0 Å². The van der Waals surface area contributed by atoms with Crippen molar-refractivity contribution in [2.75, 3.05) is 39.3 Å². The molecule has 3 rings (SSSR count). The quantitative estimate of drug-likeness (QED) is 0.466. The van der Waals surface area contributed by atoms with Gasteiger partial charge in [-0.1, -0.05) is 42.5 Å². The molecule has 1 amide bonds. The van der Waals surface area contributed by atoms with E-state index in [4.69, 9.17) is 0 Å². The number of benzene rings is 2. The first-order valence-corrected chi connectivity index (χ1v) is 10.8. The second-order valence-corrected chi connectivity index (χ2v) is 8.21. The van der Waals surface area contributed by atoms with Crippen molar-refractivity contribution in [3.63, 3.8) is 0 Å². The highest BCUT2D eigenvalue weighted by Crippen LogP contribution is 2.11. The van der Waals surface area contributed by atoms with Gasteiger partial charge in [0.25, 0.3) is 5.91 Å². The number of piperazine rings is 1. The summed E-state index contributed by atoms with van der Waals surface area (Å²) in [6.45, 7) is 7.48. The predicted molar refractivity (Wildman–Crippen MR) is 119 cm³/mol. The summed E-state index contributed by atoms with van der Waals surface area (Å²) < 4.78 is 1.00. The average Bonchev–Trinajstić information content (AvgIpc) is 2.70. The first kappa shape index (κ1) is 20.3. The number of unbranched alkanes of at least 4 members (excludes halogenated alkanes) is 1. The van der Waals surface area contributed by atoms with E-state index in [0.29, 0.717) is 0 Å². The molecule has 0 radical (unpaired) electrons. The molecule has 0 aliphatic carbocycles. The third-order valence-corrected chi connectivity index (χ3v) is 5.96. The van der Waals surface area contributed by atoms with Crippen LogP contribution in [0.1, 0.15) is 28.8 Å². The standard InChI is InChI=1S/C22H28IN3O/c23-21-11-5-4-10-20(21)22(27)24-12-6-7-13-25-14-16-26(17-15-25)18-19-8-2-1-3-9-19/h1-5,8-11H,6-7,12-18H2,(H,24,27). The molecule has 2 aromatic rings. The fourth-order valence-corrected chi connectivity index (χ4v) is 4.05. The van der Waals surface area contributed by atoms with E-state index in [9.17, 15) is 4.79 Å². The van der Waals surface area contributed by atoms with Crippen molar-refractivity contribution in [2.24, 2.45) is 0 Å². The molecule has 1 saturated heterocycles. The topological polar surface area (TPSA) is 35.6 Å². The predicted octanol–water partition coefficient (Wildman–Crippen LogP) is 3.62. The lowest BCUT2D eigenvalue weighted by molar-refractivity contribution is 0.0950. The van der Waals surface area contributed by atoms with E-state index in [1.54, 1.807) is 0 Å². The number of halogens is 1. The Bertz CT molecular complexity index is 715. The van der Waals surface area contributed by atoms with Gasteiger partial charge in [0.15, 0.2) is 0 Å². The van der Waals surface area contributed by atoms with E-state index in [2.05, 4.69) is 68.0 Å². The molecule has 144 valence electrons. The number of carbonyl (C=O) groups is 1. The molecule has 27 heavy (non-hydrogen) atoms. The molecule has 1 aliphatic heterocycles. The summed E-state index contributed by atoms with van der Waals surface area (Å²) in [6.07, 6.45) is 2.16. The molecule has 0 bridgehead atoms. The Balaban J connectivity index is 1.27. The summed E-state index contributed by atoms with van der Waals surface area (Å²) in [4.78, 5) is 17.3. The van der Waals surface area contributed by atoms with E-state index in [-0.39, 0.29) is 5.91 Å². The van der Waals surface area contributed by atoms with Gasteiger partial charge in [0, 0.05) is 42.8 Å². The van der Waals surface area contributed by atoms with Gasteiger partial charge in [-0.15, -0.1) is 0 Å². The second-order valence-electron chi connectivity index (χ2n) is 7.05. The van der Waals surface area contributed by atoms with Crippen molar-refractivity contribution in [1.29, 1.82) is 0 Å². The van der Waals surface area contributed by atoms with Crippen LogP contribution in [0.15, 0.2) is 54.6 Å². The third kappa shape index (κ3) is 6.59. The third-order valence-electron chi connectivity index (χ3n) is 5.02. The Kier molecular flexibility index (Phi) is 8.10. The molecule has 0 aromatic heterocycles. The molecule has 2 aromatic carbocycles. The molecule has 0 unspecified atom stereocenters. The maximum atomic E-state index is 12.2. The molecule has 1 aliphatic rings. The lowest BCUT2D eigenvalue weighted by Gasteiger charge is -2.34. The fraction of sp³-hybridized carbons (Fsp3) is 0.409. The Morgan fingerprint density at radius 3 is 2.30 bits per heavy atom. The van der Waals surface area contributed by atoms with Crippen LogP contribution in [0.2, 0.25) is 0 Å². The Morgan fingerprint density at radius 1 is 0.889 bits per heavy atom. The number of rotatable bonds is 8. The highest BCUT2D eigenvalue weighted by atomic mass is 127. The van der Waals surface area contributed by atoms with Gasteiger partial charge in [0.05, 0.1) is 5.56 Å². The Labute approximate surface area is 176 Å². The first-order valence-electron chi connectivity index (χ1n) is 9.74. The van der Waals surface area contributed by atoms with Crippen molar-refractivity contribution in [2.45, 2.75) is 19.4 Å². The van der Waals surface area contributed by atoms with Crippen molar-refractivity contribution in [1.82, 2.24) is 15.1 Å². The lowest BCUT2D eigenvalue weighted by Crippen LogP contribution is -2.46. The Morgan fingerprint density at radius 2 is 1.56 bits per heavy atom. The molecule has 5 heteroatoms. The summed E-state index contributed by atoms with van der Waals surface area (Å²) >= 11 is 2.21. The fourth-order valence-electron chi connectivity index (χ4n) is 3.42. The van der Waals surface area contributed by atoms with Gasteiger partial charge in [-0.05, 0) is 59.7 Å². The molecular formula is C22H28IN3O. The maximum absolute atomic E-state index is 12.2. The van der Waals surface area contributed by atoms with Gasteiger partial charge in [-0.25, -0.2) is 0 Å². The number of hydrogen-bond acceptors (Lipinski definition) is 3. The van der Waals surface area contributed by atoms with Crippen LogP contribution in [0.5, 0.6) is 0 Å². The van der Waals surface area contributed by atoms with Crippen molar-refractivity contribution >= 4 is 28.5 Å². The zero-order valence-electron chi connectivity index (χ0n) is 15.7. The number of nitrogens with one attached hydrogen (secondary N) is 1. The smallest absolute Gasteiger partial charge is 0.252 e.